The lowest BCUT2D eigenvalue weighted by atomic mass is 10.2. The van der Waals surface area contributed by atoms with E-state index in [0.717, 1.165) is 10.9 Å². The van der Waals surface area contributed by atoms with Gasteiger partial charge in [-0.05, 0) is 18.2 Å². The molecule has 0 unspecified atom stereocenters. The van der Waals surface area contributed by atoms with Crippen LogP contribution in [-0.4, -0.2) is 25.9 Å². The monoisotopic (exact) mass is 295 g/mol. The van der Waals surface area contributed by atoms with Gasteiger partial charge in [0.1, 0.15) is 0 Å². The number of fused-ring (bicyclic) bond motifs is 1. The summed E-state index contributed by atoms with van der Waals surface area (Å²) in [5.41, 5.74) is 4.07. The molecule has 0 spiro atoms. The number of hydrogen-bond donors (Lipinski definition) is 1. The smallest absolute Gasteiger partial charge is 0.331 e. The molecule has 0 amide bonds. The van der Waals surface area contributed by atoms with Gasteiger partial charge in [0, 0.05) is 36.0 Å². The Morgan fingerprint density at radius 3 is 2.68 bits per heavy atom. The van der Waals surface area contributed by atoms with E-state index in [4.69, 9.17) is 4.84 Å². The molecule has 0 aliphatic carbocycles. The van der Waals surface area contributed by atoms with Crippen molar-refractivity contribution in [2.75, 3.05) is 5.48 Å². The number of nitrogens with one attached hydrogen (secondary N) is 1. The summed E-state index contributed by atoms with van der Waals surface area (Å²) in [5, 5.41) is 0.719. The maximum atomic E-state index is 11.3. The fraction of sp³-hybridized carbons (Fsp3) is 0.133. The largest absolute Gasteiger partial charge is 0.342 e. The summed E-state index contributed by atoms with van der Waals surface area (Å²) < 4.78 is 0. The van der Waals surface area contributed by atoms with Gasteiger partial charge in [-0.15, -0.1) is 0 Å². The fourth-order valence-corrected chi connectivity index (χ4v) is 1.87. The highest BCUT2D eigenvalue weighted by molar-refractivity contribution is 5.90. The van der Waals surface area contributed by atoms with Crippen molar-refractivity contribution >= 4 is 22.7 Å². The molecule has 0 fully saturated rings. The van der Waals surface area contributed by atoms with E-state index in [2.05, 4.69) is 25.4 Å². The van der Waals surface area contributed by atoms with Crippen molar-refractivity contribution < 1.29 is 9.63 Å². The van der Waals surface area contributed by atoms with Gasteiger partial charge in [-0.25, -0.2) is 14.8 Å². The maximum Gasteiger partial charge on any atom is 0.331 e. The first kappa shape index (κ1) is 13.9. The second-order valence-electron chi connectivity index (χ2n) is 4.45. The number of anilines is 1. The highest BCUT2D eigenvalue weighted by Gasteiger charge is 2.10. The van der Waals surface area contributed by atoms with Gasteiger partial charge in [0.25, 0.3) is 0 Å². The van der Waals surface area contributed by atoms with Crippen molar-refractivity contribution in [3.63, 3.8) is 0 Å². The van der Waals surface area contributed by atoms with Crippen LogP contribution in [0.25, 0.3) is 22.3 Å². The third-order valence-corrected chi connectivity index (χ3v) is 2.99. The predicted molar refractivity (Wildman–Crippen MR) is 80.6 cm³/mol. The molecule has 7 heteroatoms. The number of aromatic nitrogens is 4. The lowest BCUT2D eigenvalue weighted by molar-refractivity contribution is -0.140. The molecule has 0 aromatic carbocycles. The highest BCUT2D eigenvalue weighted by Crippen LogP contribution is 2.23. The van der Waals surface area contributed by atoms with Crippen molar-refractivity contribution in [1.29, 1.82) is 0 Å². The van der Waals surface area contributed by atoms with Crippen LogP contribution in [-0.2, 0) is 9.63 Å². The van der Waals surface area contributed by atoms with E-state index in [1.54, 1.807) is 49.9 Å². The molecule has 0 aliphatic rings. The Morgan fingerprint density at radius 1 is 1.14 bits per heavy atom. The Labute approximate surface area is 126 Å². The van der Waals surface area contributed by atoms with Gasteiger partial charge in [-0.2, -0.15) is 5.48 Å². The number of carbonyl (C=O) groups excluding carboxylic acids is 1. The van der Waals surface area contributed by atoms with E-state index in [0.29, 0.717) is 17.2 Å². The van der Waals surface area contributed by atoms with Crippen molar-refractivity contribution in [1.82, 2.24) is 19.9 Å². The van der Waals surface area contributed by atoms with Crippen molar-refractivity contribution in [2.24, 2.45) is 0 Å². The zero-order valence-corrected chi connectivity index (χ0v) is 11.9. The van der Waals surface area contributed by atoms with Crippen LogP contribution in [0.15, 0.2) is 43.0 Å². The minimum absolute atomic E-state index is 0.273. The van der Waals surface area contributed by atoms with Crippen LogP contribution in [0.3, 0.4) is 0 Å². The van der Waals surface area contributed by atoms with Gasteiger partial charge in [-0.1, -0.05) is 6.92 Å². The van der Waals surface area contributed by atoms with Crippen LogP contribution < -0.4 is 5.48 Å². The Morgan fingerprint density at radius 2 is 1.91 bits per heavy atom. The first-order valence-electron chi connectivity index (χ1n) is 6.75. The highest BCUT2D eigenvalue weighted by atomic mass is 16.7. The Balaban J connectivity index is 2.06. The first-order chi connectivity index (χ1) is 10.8. The number of hydrogen-bond acceptors (Lipinski definition) is 7. The molecule has 1 N–H and O–H groups in total. The SMILES string of the molecule is CCC(=O)ONc1nc(-c2ccncc2)nc2cnccc12. The minimum atomic E-state index is -0.369. The molecule has 0 atom stereocenters. The predicted octanol–water partition coefficient (Wildman–Crippen LogP) is 2.37. The van der Waals surface area contributed by atoms with Crippen molar-refractivity contribution in [3.05, 3.63) is 43.0 Å². The van der Waals surface area contributed by atoms with Gasteiger partial charge >= 0.3 is 5.97 Å². The number of nitrogens with zero attached hydrogens (tertiary/aromatic N) is 4. The van der Waals surface area contributed by atoms with Crippen LogP contribution in [0.2, 0.25) is 0 Å². The van der Waals surface area contributed by atoms with Gasteiger partial charge in [0.2, 0.25) is 0 Å². The van der Waals surface area contributed by atoms with E-state index in [9.17, 15) is 4.79 Å². The molecule has 0 bridgehead atoms. The maximum absolute atomic E-state index is 11.3. The normalized spacial score (nSPS) is 10.4. The summed E-state index contributed by atoms with van der Waals surface area (Å²) in [4.78, 5) is 33.2. The number of pyridine rings is 2. The molecule has 3 heterocycles. The number of rotatable bonds is 4. The molecule has 110 valence electrons. The minimum Gasteiger partial charge on any atom is -0.342 e. The Bertz CT molecular complexity index is 807. The zero-order valence-electron chi connectivity index (χ0n) is 11.9. The summed E-state index contributed by atoms with van der Waals surface area (Å²) in [7, 11) is 0. The van der Waals surface area contributed by atoms with Crippen molar-refractivity contribution in [2.45, 2.75) is 13.3 Å². The van der Waals surface area contributed by atoms with Gasteiger partial charge in [-0.3, -0.25) is 9.97 Å². The Hall–Kier alpha value is -3.09. The average Bonchev–Trinajstić information content (AvgIpc) is 2.59. The van der Waals surface area contributed by atoms with E-state index < -0.39 is 0 Å². The van der Waals surface area contributed by atoms with E-state index in [1.165, 1.54) is 0 Å². The summed E-state index contributed by atoms with van der Waals surface area (Å²) in [5.74, 6) is 0.547. The quantitative estimate of drug-likeness (QED) is 0.739. The Kier molecular flexibility index (Phi) is 3.86. The standard InChI is InChI=1S/C15H13N5O2/c1-2-13(21)22-20-15-11-5-8-17-9-12(11)18-14(19-15)10-3-6-16-7-4-10/h3-9H,2H2,1H3,(H,18,19,20). The summed E-state index contributed by atoms with van der Waals surface area (Å²) >= 11 is 0. The first-order valence-corrected chi connectivity index (χ1v) is 6.75. The zero-order chi connectivity index (χ0) is 15.4. The molecule has 3 aromatic heterocycles. The third-order valence-electron chi connectivity index (χ3n) is 2.99. The molecular formula is C15H13N5O2. The fourth-order valence-electron chi connectivity index (χ4n) is 1.87. The third kappa shape index (κ3) is 2.83. The second kappa shape index (κ2) is 6.13. The van der Waals surface area contributed by atoms with E-state index >= 15 is 0 Å². The van der Waals surface area contributed by atoms with E-state index in [1.807, 2.05) is 0 Å². The molecular weight excluding hydrogens is 282 g/mol. The van der Waals surface area contributed by atoms with Crippen LogP contribution >= 0.6 is 0 Å². The molecule has 0 aliphatic heterocycles. The average molecular weight is 295 g/mol. The van der Waals surface area contributed by atoms with Crippen LogP contribution in [0.4, 0.5) is 5.82 Å². The van der Waals surface area contributed by atoms with Gasteiger partial charge in [0.05, 0.1) is 11.7 Å². The lowest BCUT2D eigenvalue weighted by Crippen LogP contribution is -2.11. The van der Waals surface area contributed by atoms with E-state index in [-0.39, 0.29) is 12.4 Å². The molecule has 3 aromatic rings. The molecule has 22 heavy (non-hydrogen) atoms. The second-order valence-corrected chi connectivity index (χ2v) is 4.45. The molecule has 3 rings (SSSR count). The van der Waals surface area contributed by atoms with Crippen LogP contribution in [0, 0.1) is 0 Å². The summed E-state index contributed by atoms with van der Waals surface area (Å²) in [6.07, 6.45) is 6.86. The summed E-state index contributed by atoms with van der Waals surface area (Å²) in [6, 6.07) is 5.37. The van der Waals surface area contributed by atoms with Crippen molar-refractivity contribution in [3.8, 4) is 11.4 Å². The van der Waals surface area contributed by atoms with Crippen LogP contribution in [0.1, 0.15) is 13.3 Å². The lowest BCUT2D eigenvalue weighted by Gasteiger charge is -2.10. The summed E-state index contributed by atoms with van der Waals surface area (Å²) in [6.45, 7) is 1.72. The van der Waals surface area contributed by atoms with Gasteiger partial charge < -0.3 is 4.84 Å². The molecule has 0 saturated carbocycles. The molecule has 0 radical (unpaired) electrons. The molecule has 0 saturated heterocycles. The van der Waals surface area contributed by atoms with Gasteiger partial charge in [0.15, 0.2) is 11.6 Å². The molecule has 7 nitrogen and oxygen atoms in total. The topological polar surface area (TPSA) is 89.9 Å². The number of carbonyl (C=O) groups is 1. The van der Waals surface area contributed by atoms with Crippen LogP contribution in [0.5, 0.6) is 0 Å².